The third-order valence-electron chi connectivity index (χ3n) is 1.78. The van der Waals surface area contributed by atoms with Gasteiger partial charge in [-0.2, -0.15) is 0 Å². The van der Waals surface area contributed by atoms with Crippen LogP contribution in [-0.4, -0.2) is 19.3 Å². The molecule has 3 heteroatoms. The molecule has 72 valence electrons. The first kappa shape index (κ1) is 10.4. The van der Waals surface area contributed by atoms with Crippen molar-refractivity contribution < 1.29 is 0 Å². The second-order valence-corrected chi connectivity index (χ2v) is 3.68. The zero-order valence-electron chi connectivity index (χ0n) is 7.92. The summed E-state index contributed by atoms with van der Waals surface area (Å²) in [5.74, 6) is 0. The van der Waals surface area contributed by atoms with Crippen LogP contribution < -0.4 is 11.1 Å². The predicted molar refractivity (Wildman–Crippen MR) is 60.4 cm³/mol. The zero-order valence-corrected chi connectivity index (χ0v) is 8.73. The molecule has 0 bridgehead atoms. The Hall–Kier alpha value is -0.670. The van der Waals surface area contributed by atoms with E-state index in [1.54, 1.807) is 11.8 Å². The highest BCUT2D eigenvalue weighted by Crippen LogP contribution is 2.18. The van der Waals surface area contributed by atoms with E-state index in [2.05, 4.69) is 35.8 Å². The van der Waals surface area contributed by atoms with Gasteiger partial charge in [0.15, 0.2) is 0 Å². The number of hydrogen-bond donors (Lipinski definition) is 2. The molecule has 0 radical (unpaired) electrons. The molecule has 0 aliphatic rings. The first-order valence-corrected chi connectivity index (χ1v) is 5.67. The molecule has 2 nitrogen and oxygen atoms in total. The Morgan fingerprint density at radius 3 is 3.00 bits per heavy atom. The number of benzene rings is 1. The summed E-state index contributed by atoms with van der Waals surface area (Å²) in [5.41, 5.74) is 6.59. The number of rotatable bonds is 5. The molecule has 0 unspecified atom stereocenters. The molecule has 3 N–H and O–H groups in total. The van der Waals surface area contributed by atoms with Gasteiger partial charge >= 0.3 is 0 Å². The fraction of sp³-hybridized carbons (Fsp3) is 0.400. The molecule has 1 rings (SSSR count). The van der Waals surface area contributed by atoms with Crippen LogP contribution in [0.3, 0.4) is 0 Å². The van der Waals surface area contributed by atoms with Crippen LogP contribution in [0.25, 0.3) is 0 Å². The third-order valence-corrected chi connectivity index (χ3v) is 2.51. The first-order chi connectivity index (χ1) is 6.36. The van der Waals surface area contributed by atoms with Gasteiger partial charge in [0.1, 0.15) is 0 Å². The smallest absolute Gasteiger partial charge is 0.0351 e. The lowest BCUT2D eigenvalue weighted by molar-refractivity contribution is 0.874. The maximum absolute atomic E-state index is 5.40. The molecule has 0 aliphatic carbocycles. The van der Waals surface area contributed by atoms with E-state index in [1.807, 2.05) is 0 Å². The highest BCUT2D eigenvalue weighted by Gasteiger charge is 1.92. The van der Waals surface area contributed by atoms with E-state index >= 15 is 0 Å². The average Bonchev–Trinajstić information content (AvgIpc) is 2.19. The van der Waals surface area contributed by atoms with Crippen molar-refractivity contribution in [2.45, 2.75) is 11.3 Å². The van der Waals surface area contributed by atoms with Crippen LogP contribution in [0.5, 0.6) is 0 Å². The van der Waals surface area contributed by atoms with Crippen LogP contribution in [0.15, 0.2) is 29.2 Å². The monoisotopic (exact) mass is 196 g/mol. The Kier molecular flexibility index (Phi) is 4.72. The predicted octanol–water partition coefficient (Wildman–Crippen LogP) is 2.17. The molecular formula is C10H16N2S. The summed E-state index contributed by atoms with van der Waals surface area (Å²) in [5, 5.41) is 3.33. The largest absolute Gasteiger partial charge is 0.385 e. The van der Waals surface area contributed by atoms with Gasteiger partial charge in [0.25, 0.3) is 0 Å². The van der Waals surface area contributed by atoms with Gasteiger partial charge in [0.2, 0.25) is 0 Å². The highest BCUT2D eigenvalue weighted by atomic mass is 32.2. The molecular weight excluding hydrogens is 180 g/mol. The lowest BCUT2D eigenvalue weighted by atomic mass is 10.3. The van der Waals surface area contributed by atoms with Gasteiger partial charge in [-0.1, -0.05) is 6.07 Å². The molecule has 0 saturated heterocycles. The molecule has 1 aromatic carbocycles. The van der Waals surface area contributed by atoms with Crippen molar-refractivity contribution in [3.8, 4) is 0 Å². The van der Waals surface area contributed by atoms with Crippen molar-refractivity contribution >= 4 is 17.4 Å². The van der Waals surface area contributed by atoms with Crippen LogP contribution in [0.2, 0.25) is 0 Å². The minimum atomic E-state index is 0.745. The van der Waals surface area contributed by atoms with Crippen molar-refractivity contribution in [2.24, 2.45) is 5.73 Å². The second kappa shape index (κ2) is 5.89. The van der Waals surface area contributed by atoms with Crippen molar-refractivity contribution in [2.75, 3.05) is 24.7 Å². The molecule has 0 amide bonds. The summed E-state index contributed by atoms with van der Waals surface area (Å²) in [6.45, 7) is 1.70. The quantitative estimate of drug-likeness (QED) is 0.560. The number of nitrogens with two attached hydrogens (primary N) is 1. The van der Waals surface area contributed by atoms with Gasteiger partial charge < -0.3 is 11.1 Å². The van der Waals surface area contributed by atoms with Crippen LogP contribution in [0.1, 0.15) is 6.42 Å². The maximum Gasteiger partial charge on any atom is 0.0351 e. The number of thioether (sulfide) groups is 1. The maximum atomic E-state index is 5.40. The summed E-state index contributed by atoms with van der Waals surface area (Å²) >= 11 is 1.76. The normalized spacial score (nSPS) is 10.0. The lowest BCUT2D eigenvalue weighted by Crippen LogP contribution is -2.08. The fourth-order valence-corrected chi connectivity index (χ4v) is 1.53. The molecule has 0 heterocycles. The van der Waals surface area contributed by atoms with Crippen molar-refractivity contribution in [1.29, 1.82) is 0 Å². The summed E-state index contributed by atoms with van der Waals surface area (Å²) < 4.78 is 0. The molecule has 0 aromatic heterocycles. The fourth-order valence-electron chi connectivity index (χ4n) is 1.07. The van der Waals surface area contributed by atoms with Crippen molar-refractivity contribution in [3.63, 3.8) is 0 Å². The molecule has 1 aromatic rings. The van der Waals surface area contributed by atoms with Gasteiger partial charge in [-0.3, -0.25) is 0 Å². The lowest BCUT2D eigenvalue weighted by Gasteiger charge is -2.06. The summed E-state index contributed by atoms with van der Waals surface area (Å²) in [6, 6.07) is 8.41. The van der Waals surface area contributed by atoms with E-state index < -0.39 is 0 Å². The third kappa shape index (κ3) is 3.70. The Labute approximate surface area is 83.9 Å². The van der Waals surface area contributed by atoms with Crippen molar-refractivity contribution in [3.05, 3.63) is 24.3 Å². The van der Waals surface area contributed by atoms with Crippen LogP contribution in [-0.2, 0) is 0 Å². The Balaban J connectivity index is 2.46. The average molecular weight is 196 g/mol. The van der Waals surface area contributed by atoms with Gasteiger partial charge in [0.05, 0.1) is 0 Å². The summed E-state index contributed by atoms with van der Waals surface area (Å²) in [6.07, 6.45) is 3.10. The van der Waals surface area contributed by atoms with Gasteiger partial charge in [-0.15, -0.1) is 11.8 Å². The van der Waals surface area contributed by atoms with E-state index in [4.69, 9.17) is 5.73 Å². The Morgan fingerprint density at radius 1 is 1.46 bits per heavy atom. The molecule has 0 spiro atoms. The number of nitrogens with one attached hydrogen (secondary N) is 1. The van der Waals surface area contributed by atoms with Crippen LogP contribution in [0.4, 0.5) is 5.69 Å². The second-order valence-electron chi connectivity index (χ2n) is 2.80. The summed E-state index contributed by atoms with van der Waals surface area (Å²) in [4.78, 5) is 1.29. The molecule has 13 heavy (non-hydrogen) atoms. The number of anilines is 1. The van der Waals surface area contributed by atoms with E-state index in [0.29, 0.717) is 0 Å². The minimum absolute atomic E-state index is 0.745. The van der Waals surface area contributed by atoms with Crippen LogP contribution in [0, 0.1) is 0 Å². The minimum Gasteiger partial charge on any atom is -0.385 e. The first-order valence-electron chi connectivity index (χ1n) is 4.45. The SMILES string of the molecule is CSc1cccc(NCCCN)c1. The molecule has 0 aliphatic heterocycles. The van der Waals surface area contributed by atoms with E-state index in [0.717, 1.165) is 19.5 Å². The van der Waals surface area contributed by atoms with Gasteiger partial charge in [-0.05, 0) is 37.4 Å². The van der Waals surface area contributed by atoms with E-state index in [1.165, 1.54) is 10.6 Å². The molecule has 0 fully saturated rings. The summed E-state index contributed by atoms with van der Waals surface area (Å²) in [7, 11) is 0. The molecule has 0 atom stereocenters. The van der Waals surface area contributed by atoms with Crippen molar-refractivity contribution in [1.82, 2.24) is 0 Å². The van der Waals surface area contributed by atoms with Gasteiger partial charge in [-0.25, -0.2) is 0 Å². The topological polar surface area (TPSA) is 38.0 Å². The Bertz CT molecular complexity index is 250. The van der Waals surface area contributed by atoms with E-state index in [-0.39, 0.29) is 0 Å². The van der Waals surface area contributed by atoms with Crippen LogP contribution >= 0.6 is 11.8 Å². The van der Waals surface area contributed by atoms with E-state index in [9.17, 15) is 0 Å². The Morgan fingerprint density at radius 2 is 2.31 bits per heavy atom. The highest BCUT2D eigenvalue weighted by molar-refractivity contribution is 7.98. The molecule has 0 saturated carbocycles. The zero-order chi connectivity index (χ0) is 9.52. The number of hydrogen-bond acceptors (Lipinski definition) is 3. The standard InChI is InChI=1S/C10H16N2S/c1-13-10-5-2-4-9(8-10)12-7-3-6-11/h2,4-5,8,12H,3,6-7,11H2,1H3. The van der Waals surface area contributed by atoms with Gasteiger partial charge in [0, 0.05) is 17.1 Å².